The van der Waals surface area contributed by atoms with Crippen LogP contribution in [0, 0.1) is 6.92 Å². The molecule has 102 valence electrons. The van der Waals surface area contributed by atoms with Crippen molar-refractivity contribution in [2.75, 3.05) is 11.9 Å². The van der Waals surface area contributed by atoms with Gasteiger partial charge < -0.3 is 9.88 Å². The molecule has 3 aromatic rings. The zero-order valence-electron chi connectivity index (χ0n) is 11.7. The van der Waals surface area contributed by atoms with Gasteiger partial charge in [0, 0.05) is 41.1 Å². The molecule has 0 radical (unpaired) electrons. The Kier molecular flexibility index (Phi) is 3.32. The number of anilines is 1. The summed E-state index contributed by atoms with van der Waals surface area (Å²) in [4.78, 5) is 4.69. The topological polar surface area (TPSA) is 29.9 Å². The minimum atomic E-state index is 0.738. The maximum Gasteiger partial charge on any atom is 0.183 e. The van der Waals surface area contributed by atoms with Gasteiger partial charge in [0.15, 0.2) is 5.13 Å². The molecule has 0 aliphatic carbocycles. The largest absolute Gasteiger partial charge is 0.358 e. The molecule has 0 bridgehead atoms. The van der Waals surface area contributed by atoms with Crippen LogP contribution in [0.3, 0.4) is 0 Å². The van der Waals surface area contributed by atoms with Gasteiger partial charge in [-0.05, 0) is 13.0 Å². The lowest BCUT2D eigenvalue weighted by Gasteiger charge is -1.99. The summed E-state index contributed by atoms with van der Waals surface area (Å²) < 4.78 is 2.22. The highest BCUT2D eigenvalue weighted by molar-refractivity contribution is 7.14. The van der Waals surface area contributed by atoms with Gasteiger partial charge >= 0.3 is 0 Å². The molecule has 0 spiro atoms. The van der Waals surface area contributed by atoms with Crippen LogP contribution in [0.2, 0.25) is 0 Å². The molecule has 3 rings (SSSR count). The van der Waals surface area contributed by atoms with Gasteiger partial charge in [-0.15, -0.1) is 17.9 Å². The van der Waals surface area contributed by atoms with E-state index in [1.54, 1.807) is 11.3 Å². The molecule has 0 amide bonds. The van der Waals surface area contributed by atoms with Gasteiger partial charge in [0.05, 0.1) is 5.69 Å². The highest BCUT2D eigenvalue weighted by Gasteiger charge is 2.15. The van der Waals surface area contributed by atoms with E-state index in [4.69, 9.17) is 0 Å². The SMILES string of the molecule is C=CCNc1nc(-c2c(C)n(C)c3ccccc23)cs1. The molecule has 0 aliphatic heterocycles. The fourth-order valence-corrected chi connectivity index (χ4v) is 3.18. The first kappa shape index (κ1) is 12.9. The summed E-state index contributed by atoms with van der Waals surface area (Å²) in [5.41, 5.74) is 4.75. The third-order valence-electron chi connectivity index (χ3n) is 3.56. The monoisotopic (exact) mass is 283 g/mol. The molecule has 0 saturated heterocycles. The zero-order chi connectivity index (χ0) is 14.1. The van der Waals surface area contributed by atoms with Crippen molar-refractivity contribution in [2.24, 2.45) is 7.05 Å². The van der Waals surface area contributed by atoms with E-state index in [-0.39, 0.29) is 0 Å². The number of aryl methyl sites for hydroxylation is 1. The molecule has 0 fully saturated rings. The molecule has 3 nitrogen and oxygen atoms in total. The number of aromatic nitrogens is 2. The van der Waals surface area contributed by atoms with E-state index in [0.29, 0.717) is 0 Å². The van der Waals surface area contributed by atoms with E-state index >= 15 is 0 Å². The zero-order valence-corrected chi connectivity index (χ0v) is 12.5. The average molecular weight is 283 g/mol. The van der Waals surface area contributed by atoms with Gasteiger partial charge in [0.1, 0.15) is 0 Å². The number of hydrogen-bond acceptors (Lipinski definition) is 3. The average Bonchev–Trinajstić information content (AvgIpc) is 3.02. The van der Waals surface area contributed by atoms with Crippen molar-refractivity contribution in [1.82, 2.24) is 9.55 Å². The van der Waals surface area contributed by atoms with Crippen molar-refractivity contribution in [2.45, 2.75) is 6.92 Å². The molecule has 4 heteroatoms. The first-order valence-corrected chi connectivity index (χ1v) is 7.45. The Bertz CT molecular complexity index is 767. The van der Waals surface area contributed by atoms with Crippen molar-refractivity contribution in [3.8, 4) is 11.3 Å². The Labute approximate surface area is 122 Å². The molecular weight excluding hydrogens is 266 g/mol. The quantitative estimate of drug-likeness (QED) is 0.727. The van der Waals surface area contributed by atoms with Gasteiger partial charge in [0.2, 0.25) is 0 Å². The summed E-state index contributed by atoms with van der Waals surface area (Å²) in [6, 6.07) is 8.46. The standard InChI is InChI=1S/C16H17N3S/c1-4-9-17-16-18-13(10-20-16)15-11(2)19(3)14-8-6-5-7-12(14)15/h4-8,10H,1,9H2,2-3H3,(H,17,18). The van der Waals surface area contributed by atoms with Crippen LogP contribution in [0.25, 0.3) is 22.2 Å². The normalized spacial score (nSPS) is 10.9. The third-order valence-corrected chi connectivity index (χ3v) is 4.36. The van der Waals surface area contributed by atoms with Crippen molar-refractivity contribution in [3.63, 3.8) is 0 Å². The smallest absolute Gasteiger partial charge is 0.183 e. The summed E-state index contributed by atoms with van der Waals surface area (Å²) in [5.74, 6) is 0. The van der Waals surface area contributed by atoms with Crippen LogP contribution in [0.4, 0.5) is 5.13 Å². The highest BCUT2D eigenvalue weighted by atomic mass is 32.1. The van der Waals surface area contributed by atoms with E-state index < -0.39 is 0 Å². The van der Waals surface area contributed by atoms with Gasteiger partial charge in [-0.2, -0.15) is 0 Å². The Balaban J connectivity index is 2.12. The van der Waals surface area contributed by atoms with Crippen molar-refractivity contribution in [1.29, 1.82) is 0 Å². The molecule has 1 aromatic carbocycles. The van der Waals surface area contributed by atoms with Gasteiger partial charge in [-0.25, -0.2) is 4.98 Å². The van der Waals surface area contributed by atoms with Crippen LogP contribution in [0.5, 0.6) is 0 Å². The Morgan fingerprint density at radius 1 is 1.40 bits per heavy atom. The first-order chi connectivity index (χ1) is 9.72. The maximum atomic E-state index is 4.69. The van der Waals surface area contributed by atoms with E-state index in [1.165, 1.54) is 22.2 Å². The van der Waals surface area contributed by atoms with E-state index in [9.17, 15) is 0 Å². The van der Waals surface area contributed by atoms with Gasteiger partial charge in [-0.3, -0.25) is 0 Å². The number of thiazole rings is 1. The first-order valence-electron chi connectivity index (χ1n) is 6.57. The summed E-state index contributed by atoms with van der Waals surface area (Å²) in [7, 11) is 2.10. The summed E-state index contributed by atoms with van der Waals surface area (Å²) in [6.45, 7) is 6.59. The number of hydrogen-bond donors (Lipinski definition) is 1. The van der Waals surface area contributed by atoms with Crippen LogP contribution in [0.1, 0.15) is 5.69 Å². The van der Waals surface area contributed by atoms with E-state index in [0.717, 1.165) is 17.4 Å². The van der Waals surface area contributed by atoms with Crippen molar-refractivity contribution >= 4 is 27.4 Å². The Hall–Kier alpha value is -2.07. The summed E-state index contributed by atoms with van der Waals surface area (Å²) >= 11 is 1.63. The predicted molar refractivity (Wildman–Crippen MR) is 87.5 cm³/mol. The Morgan fingerprint density at radius 3 is 3.00 bits per heavy atom. The number of nitrogens with zero attached hydrogens (tertiary/aromatic N) is 2. The number of fused-ring (bicyclic) bond motifs is 1. The fraction of sp³-hybridized carbons (Fsp3) is 0.188. The van der Waals surface area contributed by atoms with E-state index in [2.05, 4.69) is 65.1 Å². The molecule has 0 atom stereocenters. The van der Waals surface area contributed by atoms with Crippen LogP contribution >= 0.6 is 11.3 Å². The minimum Gasteiger partial charge on any atom is -0.358 e. The lowest BCUT2D eigenvalue weighted by molar-refractivity contribution is 0.919. The number of nitrogens with one attached hydrogen (secondary N) is 1. The summed E-state index contributed by atoms with van der Waals surface area (Å²) in [5, 5.41) is 7.55. The second-order valence-corrected chi connectivity index (χ2v) is 5.60. The van der Waals surface area contributed by atoms with Crippen LogP contribution in [-0.4, -0.2) is 16.1 Å². The second-order valence-electron chi connectivity index (χ2n) is 4.74. The number of benzene rings is 1. The fourth-order valence-electron chi connectivity index (χ4n) is 2.47. The minimum absolute atomic E-state index is 0.738. The lowest BCUT2D eigenvalue weighted by Crippen LogP contribution is -1.96. The van der Waals surface area contributed by atoms with E-state index in [1.807, 2.05) is 6.08 Å². The molecule has 0 unspecified atom stereocenters. The highest BCUT2D eigenvalue weighted by Crippen LogP contribution is 2.35. The molecule has 20 heavy (non-hydrogen) atoms. The maximum absolute atomic E-state index is 4.69. The molecular formula is C16H17N3S. The lowest BCUT2D eigenvalue weighted by atomic mass is 10.1. The molecule has 0 saturated carbocycles. The molecule has 0 aliphatic rings. The number of para-hydroxylation sites is 1. The van der Waals surface area contributed by atoms with Gasteiger partial charge in [0.25, 0.3) is 0 Å². The van der Waals surface area contributed by atoms with Crippen molar-refractivity contribution in [3.05, 3.63) is 48.0 Å². The molecule has 2 heterocycles. The van der Waals surface area contributed by atoms with Gasteiger partial charge in [-0.1, -0.05) is 24.3 Å². The third kappa shape index (κ3) is 2.02. The molecule has 2 aromatic heterocycles. The van der Waals surface area contributed by atoms with Crippen LogP contribution in [0.15, 0.2) is 42.3 Å². The number of rotatable bonds is 4. The van der Waals surface area contributed by atoms with Crippen molar-refractivity contribution < 1.29 is 0 Å². The Morgan fingerprint density at radius 2 is 2.20 bits per heavy atom. The molecule has 1 N–H and O–H groups in total. The summed E-state index contributed by atoms with van der Waals surface area (Å²) in [6.07, 6.45) is 1.84. The predicted octanol–water partition coefficient (Wildman–Crippen LogP) is 4.21. The van der Waals surface area contributed by atoms with Crippen LogP contribution < -0.4 is 5.32 Å². The second kappa shape index (κ2) is 5.13. The van der Waals surface area contributed by atoms with Crippen LogP contribution in [-0.2, 0) is 7.05 Å².